The molecule has 2 N–H and O–H groups in total. The van der Waals surface area contributed by atoms with E-state index < -0.39 is 42.9 Å². The molecule has 0 radical (unpaired) electrons. The maximum Gasteiger partial charge on any atom is 1.00 e. The third kappa shape index (κ3) is 3.40. The molecule has 0 saturated carbocycles. The average molecular weight is 285 g/mol. The van der Waals surface area contributed by atoms with E-state index in [2.05, 4.69) is 0 Å². The first-order chi connectivity index (χ1) is 7.64. The Bertz CT molecular complexity index is 575. The number of hydrogen-bond acceptors (Lipinski definition) is 6. The number of nitrogens with zero attached hydrogens (tertiary/aromatic N) is 1. The zero-order valence-corrected chi connectivity index (χ0v) is 11.7. The molecular formula is C7H4NNaO8S. The van der Waals surface area contributed by atoms with Gasteiger partial charge in [-0.05, 0) is 11.8 Å². The SMILES string of the molecule is O=C(O)c1cc(S(=O)(=O)O)cc([N+](=O)[O-])c1[O-].[Na+]. The summed E-state index contributed by atoms with van der Waals surface area (Å²) >= 11 is 0. The molecule has 1 rings (SSSR count). The number of benzene rings is 1. The summed E-state index contributed by atoms with van der Waals surface area (Å²) < 4.78 is 30.1. The van der Waals surface area contributed by atoms with Crippen LogP contribution in [-0.2, 0) is 10.1 Å². The molecule has 0 aliphatic carbocycles. The Kier molecular flexibility index (Phi) is 5.25. The van der Waals surface area contributed by atoms with Crippen molar-refractivity contribution in [1.29, 1.82) is 0 Å². The molecule has 0 atom stereocenters. The number of nitro groups is 1. The molecule has 18 heavy (non-hydrogen) atoms. The molecule has 0 aliphatic rings. The van der Waals surface area contributed by atoms with Gasteiger partial charge in [0.05, 0.1) is 10.5 Å². The van der Waals surface area contributed by atoms with Gasteiger partial charge in [-0.3, -0.25) is 14.7 Å². The monoisotopic (exact) mass is 285 g/mol. The van der Waals surface area contributed by atoms with Crippen molar-refractivity contribution < 1.29 is 62.5 Å². The molecule has 0 aliphatic heterocycles. The zero-order valence-electron chi connectivity index (χ0n) is 8.85. The summed E-state index contributed by atoms with van der Waals surface area (Å²) in [4.78, 5) is 18.7. The van der Waals surface area contributed by atoms with E-state index in [-0.39, 0.29) is 29.6 Å². The fourth-order valence-electron chi connectivity index (χ4n) is 1.03. The largest absolute Gasteiger partial charge is 1.00 e. The van der Waals surface area contributed by atoms with E-state index in [9.17, 15) is 28.4 Å². The summed E-state index contributed by atoms with van der Waals surface area (Å²) in [6.07, 6.45) is 0. The summed E-state index contributed by atoms with van der Waals surface area (Å²) in [5.74, 6) is -3.27. The Labute approximate surface area is 122 Å². The fraction of sp³-hybridized carbons (Fsp3) is 0. The normalized spacial score (nSPS) is 10.5. The molecule has 0 aromatic heterocycles. The first-order valence-corrected chi connectivity index (χ1v) is 5.29. The molecule has 1 aromatic carbocycles. The smallest absolute Gasteiger partial charge is 0.867 e. The van der Waals surface area contributed by atoms with Crippen molar-refractivity contribution in [3.63, 3.8) is 0 Å². The van der Waals surface area contributed by atoms with Gasteiger partial charge in [0.1, 0.15) is 4.90 Å². The van der Waals surface area contributed by atoms with Crippen LogP contribution in [0.1, 0.15) is 10.4 Å². The van der Waals surface area contributed by atoms with E-state index in [0.717, 1.165) is 0 Å². The number of carboxylic acid groups (broad SMARTS) is 1. The van der Waals surface area contributed by atoms with Gasteiger partial charge >= 0.3 is 35.5 Å². The predicted octanol–water partition coefficient (Wildman–Crippen LogP) is -3.38. The first-order valence-electron chi connectivity index (χ1n) is 3.85. The Morgan fingerprint density at radius 3 is 2.17 bits per heavy atom. The van der Waals surface area contributed by atoms with Crippen molar-refractivity contribution in [2.45, 2.75) is 4.90 Å². The van der Waals surface area contributed by atoms with Crippen molar-refractivity contribution in [2.24, 2.45) is 0 Å². The minimum Gasteiger partial charge on any atom is -0.867 e. The van der Waals surface area contributed by atoms with Crippen LogP contribution in [0.4, 0.5) is 5.69 Å². The number of nitro benzene ring substituents is 1. The summed E-state index contributed by atoms with van der Waals surface area (Å²) in [5, 5.41) is 30.2. The second-order valence-corrected chi connectivity index (χ2v) is 4.28. The van der Waals surface area contributed by atoms with Gasteiger partial charge in [-0.15, -0.1) is 0 Å². The molecule has 9 nitrogen and oxygen atoms in total. The number of carboxylic acids is 1. The third-order valence-electron chi connectivity index (χ3n) is 1.77. The Balaban J connectivity index is 0.00000289. The molecule has 0 amide bonds. The second-order valence-electron chi connectivity index (χ2n) is 2.86. The Morgan fingerprint density at radius 2 is 1.83 bits per heavy atom. The van der Waals surface area contributed by atoms with E-state index in [4.69, 9.17) is 9.66 Å². The number of hydrogen-bond donors (Lipinski definition) is 2. The van der Waals surface area contributed by atoms with Gasteiger partial charge < -0.3 is 10.2 Å². The summed E-state index contributed by atoms with van der Waals surface area (Å²) in [6.45, 7) is 0. The maximum absolute atomic E-state index is 11.2. The summed E-state index contributed by atoms with van der Waals surface area (Å²) in [7, 11) is -4.84. The van der Waals surface area contributed by atoms with E-state index in [1.54, 1.807) is 0 Å². The molecule has 0 spiro atoms. The van der Waals surface area contributed by atoms with Gasteiger partial charge in [0.15, 0.2) is 0 Å². The maximum atomic E-state index is 11.2. The number of rotatable bonds is 3. The molecule has 0 unspecified atom stereocenters. The zero-order chi connectivity index (χ0) is 13.4. The number of carbonyl (C=O) groups is 1. The van der Waals surface area contributed by atoms with E-state index in [1.165, 1.54) is 0 Å². The third-order valence-corrected chi connectivity index (χ3v) is 2.60. The van der Waals surface area contributed by atoms with Crippen molar-refractivity contribution >= 4 is 21.8 Å². The molecule has 92 valence electrons. The van der Waals surface area contributed by atoms with Crippen LogP contribution in [0.5, 0.6) is 5.75 Å². The molecule has 0 saturated heterocycles. The standard InChI is InChI=1S/C7H5NO8S.Na/c9-6-4(7(10)11)1-3(17(14,15)16)2-5(6)8(12)13;/h1-2,9H,(H,10,11)(H,14,15,16);/q;+1/p-1. The predicted molar refractivity (Wildman–Crippen MR) is 49.3 cm³/mol. The minimum atomic E-state index is -4.84. The second kappa shape index (κ2) is 5.63. The minimum absolute atomic E-state index is 0. The van der Waals surface area contributed by atoms with Crippen molar-refractivity contribution in [1.82, 2.24) is 0 Å². The van der Waals surface area contributed by atoms with Crippen LogP contribution < -0.4 is 34.7 Å². The van der Waals surface area contributed by atoms with Crippen LogP contribution in [0.25, 0.3) is 0 Å². The van der Waals surface area contributed by atoms with Crippen LogP contribution in [-0.4, -0.2) is 29.0 Å². The van der Waals surface area contributed by atoms with Gasteiger partial charge in [-0.2, -0.15) is 8.42 Å². The van der Waals surface area contributed by atoms with Crippen molar-refractivity contribution in [2.75, 3.05) is 0 Å². The van der Waals surface area contributed by atoms with E-state index in [0.29, 0.717) is 12.1 Å². The molecular weight excluding hydrogens is 281 g/mol. The summed E-state index contributed by atoms with van der Waals surface area (Å²) in [6, 6.07) is 0.650. The van der Waals surface area contributed by atoms with Gasteiger partial charge in [0.2, 0.25) is 0 Å². The van der Waals surface area contributed by atoms with Crippen molar-refractivity contribution in [3.05, 3.63) is 27.8 Å². The molecule has 0 heterocycles. The van der Waals surface area contributed by atoms with Gasteiger partial charge in [0.25, 0.3) is 15.8 Å². The van der Waals surface area contributed by atoms with E-state index >= 15 is 0 Å². The summed E-state index contributed by atoms with van der Waals surface area (Å²) in [5.41, 5.74) is -2.34. The van der Waals surface area contributed by atoms with Gasteiger partial charge in [-0.1, -0.05) is 0 Å². The topological polar surface area (TPSA) is 158 Å². The van der Waals surface area contributed by atoms with Crippen LogP contribution in [0.3, 0.4) is 0 Å². The van der Waals surface area contributed by atoms with Gasteiger partial charge in [0, 0.05) is 6.07 Å². The van der Waals surface area contributed by atoms with Crippen LogP contribution in [0.15, 0.2) is 17.0 Å². The average Bonchev–Trinajstić information content (AvgIpc) is 2.14. The van der Waals surface area contributed by atoms with E-state index in [1.807, 2.05) is 0 Å². The van der Waals surface area contributed by atoms with Crippen molar-refractivity contribution in [3.8, 4) is 5.75 Å². The first kappa shape index (κ1) is 16.8. The molecule has 0 fully saturated rings. The van der Waals surface area contributed by atoms with Crippen LogP contribution >= 0.6 is 0 Å². The number of aromatic carboxylic acids is 1. The van der Waals surface area contributed by atoms with Crippen LogP contribution in [0, 0.1) is 10.1 Å². The van der Waals surface area contributed by atoms with Crippen LogP contribution in [0.2, 0.25) is 0 Å². The fourth-order valence-corrected chi connectivity index (χ4v) is 1.56. The molecule has 1 aromatic rings. The van der Waals surface area contributed by atoms with Gasteiger partial charge in [-0.25, -0.2) is 4.79 Å². The Morgan fingerprint density at radius 1 is 1.33 bits per heavy atom. The molecule has 11 heteroatoms. The Hall–Kier alpha value is -1.20. The quantitative estimate of drug-likeness (QED) is 0.252. The molecule has 0 bridgehead atoms.